The first-order chi connectivity index (χ1) is 8.27. The number of unbranched alkanes of at least 4 members (excludes halogenated alkanes) is 9. The van der Waals surface area contributed by atoms with Crippen molar-refractivity contribution in [2.75, 3.05) is 6.61 Å². The lowest BCUT2D eigenvalue weighted by Gasteiger charge is -2.02. The predicted molar refractivity (Wildman–Crippen MR) is 73.0 cm³/mol. The molecule has 0 aromatic rings. The van der Waals surface area contributed by atoms with E-state index in [-0.39, 0.29) is 5.97 Å². The van der Waals surface area contributed by atoms with Crippen LogP contribution in [0.1, 0.15) is 71.1 Å². The minimum Gasteiger partial charge on any atom is -0.466 e. The quantitative estimate of drug-likeness (QED) is 0.282. The van der Waals surface area contributed by atoms with Gasteiger partial charge in [-0.3, -0.25) is 4.79 Å². The molecule has 0 aromatic heterocycles. The molecule has 0 aromatic carbocycles. The SMILES string of the molecule is C=CCCCCCCCCCCCOC(C)=O. The predicted octanol–water partition coefficient (Wildman–Crippen LogP) is 4.64. The van der Waals surface area contributed by atoms with Gasteiger partial charge in [-0.25, -0.2) is 0 Å². The van der Waals surface area contributed by atoms with Gasteiger partial charge >= 0.3 is 5.97 Å². The van der Waals surface area contributed by atoms with E-state index in [0.29, 0.717) is 6.61 Å². The summed E-state index contributed by atoms with van der Waals surface area (Å²) in [5, 5.41) is 0. The molecule has 0 radical (unpaired) electrons. The fraction of sp³-hybridized carbons (Fsp3) is 0.800. The molecule has 2 nitrogen and oxygen atoms in total. The summed E-state index contributed by atoms with van der Waals surface area (Å²) in [7, 11) is 0. The lowest BCUT2D eigenvalue weighted by Crippen LogP contribution is -2.00. The molecular formula is C15H28O2. The molecule has 0 spiro atoms. The van der Waals surface area contributed by atoms with Crippen LogP contribution in [0.25, 0.3) is 0 Å². The van der Waals surface area contributed by atoms with Gasteiger partial charge in [-0.2, -0.15) is 0 Å². The lowest BCUT2D eigenvalue weighted by molar-refractivity contribution is -0.141. The number of rotatable bonds is 12. The molecule has 0 heterocycles. The second-order valence-corrected chi connectivity index (χ2v) is 4.60. The fourth-order valence-corrected chi connectivity index (χ4v) is 1.84. The van der Waals surface area contributed by atoms with E-state index in [4.69, 9.17) is 4.74 Å². The zero-order valence-electron chi connectivity index (χ0n) is 11.4. The maximum Gasteiger partial charge on any atom is 0.302 e. The normalized spacial score (nSPS) is 10.2. The third-order valence-corrected chi connectivity index (χ3v) is 2.86. The van der Waals surface area contributed by atoms with E-state index < -0.39 is 0 Å². The molecule has 0 saturated heterocycles. The zero-order chi connectivity index (χ0) is 12.8. The van der Waals surface area contributed by atoms with Crippen LogP contribution < -0.4 is 0 Å². The number of ether oxygens (including phenoxy) is 1. The van der Waals surface area contributed by atoms with E-state index >= 15 is 0 Å². The highest BCUT2D eigenvalue weighted by Gasteiger charge is 1.94. The summed E-state index contributed by atoms with van der Waals surface area (Å²) in [4.78, 5) is 10.5. The van der Waals surface area contributed by atoms with Crippen LogP contribution in [0.15, 0.2) is 12.7 Å². The van der Waals surface area contributed by atoms with Gasteiger partial charge in [0.15, 0.2) is 0 Å². The maximum atomic E-state index is 10.5. The number of carbonyl (C=O) groups excluding carboxylic acids is 1. The van der Waals surface area contributed by atoms with Crippen LogP contribution in [0.4, 0.5) is 0 Å². The Hall–Kier alpha value is -0.790. The summed E-state index contributed by atoms with van der Waals surface area (Å²) < 4.78 is 4.88. The van der Waals surface area contributed by atoms with E-state index in [2.05, 4.69) is 6.58 Å². The smallest absolute Gasteiger partial charge is 0.302 e. The highest BCUT2D eigenvalue weighted by atomic mass is 16.5. The van der Waals surface area contributed by atoms with Crippen LogP contribution >= 0.6 is 0 Å². The molecule has 0 unspecified atom stereocenters. The molecule has 0 aliphatic heterocycles. The fourth-order valence-electron chi connectivity index (χ4n) is 1.84. The van der Waals surface area contributed by atoms with Gasteiger partial charge in [0.05, 0.1) is 6.61 Å². The van der Waals surface area contributed by atoms with Crippen molar-refractivity contribution in [2.45, 2.75) is 71.1 Å². The first-order valence-electron chi connectivity index (χ1n) is 7.01. The minimum atomic E-state index is -0.162. The van der Waals surface area contributed by atoms with Crippen molar-refractivity contribution in [1.82, 2.24) is 0 Å². The van der Waals surface area contributed by atoms with Gasteiger partial charge < -0.3 is 4.74 Å². The monoisotopic (exact) mass is 240 g/mol. The molecule has 0 amide bonds. The molecule has 0 rings (SSSR count). The van der Waals surface area contributed by atoms with Gasteiger partial charge in [0.25, 0.3) is 0 Å². The van der Waals surface area contributed by atoms with Crippen LogP contribution in [0.3, 0.4) is 0 Å². The standard InChI is InChI=1S/C15H28O2/c1-3-4-5-6-7-8-9-10-11-12-13-14-17-15(2)16/h3H,1,4-14H2,2H3. The maximum absolute atomic E-state index is 10.5. The highest BCUT2D eigenvalue weighted by Crippen LogP contribution is 2.10. The Balaban J connectivity index is 2.94. The molecule has 100 valence electrons. The van der Waals surface area contributed by atoms with E-state index in [1.165, 1.54) is 58.3 Å². The van der Waals surface area contributed by atoms with Crippen molar-refractivity contribution in [2.24, 2.45) is 0 Å². The average molecular weight is 240 g/mol. The summed E-state index contributed by atoms with van der Waals surface area (Å²) in [6.07, 6.45) is 14.7. The topological polar surface area (TPSA) is 26.3 Å². The van der Waals surface area contributed by atoms with Crippen LogP contribution in [0.2, 0.25) is 0 Å². The molecule has 0 fully saturated rings. The van der Waals surface area contributed by atoms with Gasteiger partial charge in [-0.15, -0.1) is 6.58 Å². The lowest BCUT2D eigenvalue weighted by atomic mass is 10.1. The molecule has 0 aliphatic carbocycles. The summed E-state index contributed by atoms with van der Waals surface area (Å²) in [5.74, 6) is -0.162. The highest BCUT2D eigenvalue weighted by molar-refractivity contribution is 5.65. The Labute approximate surface area is 106 Å². The summed E-state index contributed by atoms with van der Waals surface area (Å²) in [6, 6.07) is 0. The van der Waals surface area contributed by atoms with Crippen molar-refractivity contribution in [3.05, 3.63) is 12.7 Å². The van der Waals surface area contributed by atoms with E-state index in [1.807, 2.05) is 6.08 Å². The molecule has 0 atom stereocenters. The first-order valence-corrected chi connectivity index (χ1v) is 7.01. The van der Waals surface area contributed by atoms with Crippen LogP contribution in [-0.2, 0) is 9.53 Å². The van der Waals surface area contributed by atoms with Crippen LogP contribution in [0, 0.1) is 0 Å². The molecule has 0 bridgehead atoms. The molecule has 17 heavy (non-hydrogen) atoms. The van der Waals surface area contributed by atoms with E-state index in [9.17, 15) is 4.79 Å². The Kier molecular flexibility index (Phi) is 12.7. The van der Waals surface area contributed by atoms with E-state index in [1.54, 1.807) is 0 Å². The molecule has 0 N–H and O–H groups in total. The summed E-state index contributed by atoms with van der Waals surface area (Å²) in [5.41, 5.74) is 0. The van der Waals surface area contributed by atoms with Crippen molar-refractivity contribution in [1.29, 1.82) is 0 Å². The van der Waals surface area contributed by atoms with Gasteiger partial charge in [0.1, 0.15) is 0 Å². The van der Waals surface area contributed by atoms with Crippen LogP contribution in [-0.4, -0.2) is 12.6 Å². The molecule has 2 heteroatoms. The summed E-state index contributed by atoms with van der Waals surface area (Å²) >= 11 is 0. The molecular weight excluding hydrogens is 212 g/mol. The molecule has 0 aliphatic rings. The van der Waals surface area contributed by atoms with Crippen molar-refractivity contribution < 1.29 is 9.53 Å². The Bertz CT molecular complexity index is 187. The molecule has 0 saturated carbocycles. The number of carbonyl (C=O) groups is 1. The third kappa shape index (κ3) is 15.2. The largest absolute Gasteiger partial charge is 0.466 e. The third-order valence-electron chi connectivity index (χ3n) is 2.86. The van der Waals surface area contributed by atoms with Gasteiger partial charge in [-0.1, -0.05) is 51.0 Å². The van der Waals surface area contributed by atoms with Gasteiger partial charge in [0, 0.05) is 6.92 Å². The summed E-state index contributed by atoms with van der Waals surface area (Å²) in [6.45, 7) is 5.78. The second-order valence-electron chi connectivity index (χ2n) is 4.60. The van der Waals surface area contributed by atoms with Gasteiger partial charge in [0.2, 0.25) is 0 Å². The number of hydrogen-bond donors (Lipinski definition) is 0. The Morgan fingerprint density at radius 1 is 0.941 bits per heavy atom. The van der Waals surface area contributed by atoms with Crippen molar-refractivity contribution >= 4 is 5.97 Å². The van der Waals surface area contributed by atoms with Crippen molar-refractivity contribution in [3.63, 3.8) is 0 Å². The number of hydrogen-bond acceptors (Lipinski definition) is 2. The minimum absolute atomic E-state index is 0.162. The average Bonchev–Trinajstić information content (AvgIpc) is 2.30. The first kappa shape index (κ1) is 16.2. The van der Waals surface area contributed by atoms with Gasteiger partial charge in [-0.05, 0) is 19.3 Å². The Morgan fingerprint density at radius 2 is 1.41 bits per heavy atom. The van der Waals surface area contributed by atoms with Crippen molar-refractivity contribution in [3.8, 4) is 0 Å². The van der Waals surface area contributed by atoms with Crippen LogP contribution in [0.5, 0.6) is 0 Å². The number of allylic oxidation sites excluding steroid dienone is 1. The van der Waals surface area contributed by atoms with E-state index in [0.717, 1.165) is 12.8 Å². The Morgan fingerprint density at radius 3 is 1.88 bits per heavy atom. The number of esters is 1. The second kappa shape index (κ2) is 13.3. The zero-order valence-corrected chi connectivity index (χ0v) is 11.4.